The van der Waals surface area contributed by atoms with Crippen molar-refractivity contribution < 1.29 is 28.2 Å². The van der Waals surface area contributed by atoms with Crippen LogP contribution in [0.25, 0.3) is 0 Å². The lowest BCUT2D eigenvalue weighted by Gasteiger charge is -2.26. The van der Waals surface area contributed by atoms with Gasteiger partial charge in [0.15, 0.2) is 0 Å². The Morgan fingerprint density at radius 3 is 2.59 bits per heavy atom. The highest BCUT2D eigenvalue weighted by Crippen LogP contribution is 2.47. The van der Waals surface area contributed by atoms with Crippen LogP contribution in [0.15, 0.2) is 78.0 Å². The molecule has 3 aliphatic rings. The number of hydrogen-bond acceptors (Lipinski definition) is 5. The van der Waals surface area contributed by atoms with E-state index in [1.54, 1.807) is 43.5 Å². The fourth-order valence-corrected chi connectivity index (χ4v) is 5.57. The van der Waals surface area contributed by atoms with E-state index in [-0.39, 0.29) is 43.1 Å². The molecule has 7 nitrogen and oxygen atoms in total. The van der Waals surface area contributed by atoms with Crippen molar-refractivity contribution in [1.29, 1.82) is 0 Å². The number of allylic oxidation sites excluding steroid dienone is 3. The van der Waals surface area contributed by atoms with Crippen molar-refractivity contribution in [1.82, 2.24) is 15.1 Å². The minimum absolute atomic E-state index is 0.0119. The second-order valence-corrected chi connectivity index (χ2v) is 10.4. The summed E-state index contributed by atoms with van der Waals surface area (Å²) < 4.78 is 35.0. The Morgan fingerprint density at radius 1 is 1.18 bits per heavy atom. The predicted octanol–water partition coefficient (Wildman–Crippen LogP) is 3.82. The first kappa shape index (κ1) is 27.0. The molecule has 0 radical (unpaired) electrons. The minimum Gasteiger partial charge on any atom is -0.497 e. The molecule has 2 aromatic carbocycles. The molecule has 0 aromatic heterocycles. The molecule has 2 heterocycles. The number of aliphatic hydroxyl groups is 1. The highest BCUT2D eigenvalue weighted by atomic mass is 19.3. The maximum absolute atomic E-state index is 14.9. The first-order valence-electron chi connectivity index (χ1n) is 13.2. The summed E-state index contributed by atoms with van der Waals surface area (Å²) in [6.07, 6.45) is 3.55. The molecule has 5 rings (SSSR count). The Morgan fingerprint density at radius 2 is 1.92 bits per heavy atom. The fraction of sp³-hybridized carbons (Fsp3) is 0.400. The summed E-state index contributed by atoms with van der Waals surface area (Å²) in [6.45, 7) is 1.89. The minimum atomic E-state index is -3.50. The average Bonchev–Trinajstić information content (AvgIpc) is 3.42. The third kappa shape index (κ3) is 5.89. The molecule has 9 heteroatoms. The highest BCUT2D eigenvalue weighted by Gasteiger charge is 2.59. The summed E-state index contributed by atoms with van der Waals surface area (Å²) in [5.41, 5.74) is 2.51. The van der Waals surface area contributed by atoms with Gasteiger partial charge in [0.05, 0.1) is 38.1 Å². The maximum Gasteiger partial charge on any atom is 0.333 e. The van der Waals surface area contributed by atoms with Crippen LogP contribution in [0.4, 0.5) is 8.78 Å². The standard InChI is InChI=1S/C30H33F2N3O4/c1-39-24-10-7-20(8-11-24)17-35-27-15-21(9-12-25(27)30(31,32)29(35)38)16-28(37)33-26(22-5-3-2-4-6-22)19-34-14-13-23(36)18-34/h2-11,15,23,25-26,36H,12-14,16-19H2,1H3,(H,33,37)/t23-,25?,26+/m0/s1. The van der Waals surface area contributed by atoms with Crippen molar-refractivity contribution in [2.45, 2.75) is 43.9 Å². The second kappa shape index (κ2) is 11.3. The molecule has 0 spiro atoms. The summed E-state index contributed by atoms with van der Waals surface area (Å²) in [5.74, 6) is -5.55. The lowest BCUT2D eigenvalue weighted by Crippen LogP contribution is -2.37. The first-order valence-corrected chi connectivity index (χ1v) is 13.2. The first-order chi connectivity index (χ1) is 18.7. The Hall–Kier alpha value is -3.56. The number of carbonyl (C=O) groups is 2. The lowest BCUT2D eigenvalue weighted by molar-refractivity contribution is -0.151. The third-order valence-electron chi connectivity index (χ3n) is 7.68. The number of likely N-dealkylation sites (tertiary alicyclic amines) is 2. The number of fused-ring (bicyclic) bond motifs is 1. The zero-order chi connectivity index (χ0) is 27.6. The van der Waals surface area contributed by atoms with Crippen LogP contribution in [0.3, 0.4) is 0 Å². The molecule has 39 heavy (non-hydrogen) atoms. The molecule has 0 bridgehead atoms. The number of halogens is 2. The Balaban J connectivity index is 1.30. The van der Waals surface area contributed by atoms with Crippen LogP contribution >= 0.6 is 0 Å². The number of benzene rings is 2. The van der Waals surface area contributed by atoms with Crippen molar-refractivity contribution >= 4 is 11.8 Å². The van der Waals surface area contributed by atoms with Crippen molar-refractivity contribution in [3.63, 3.8) is 0 Å². The summed E-state index contributed by atoms with van der Waals surface area (Å²) in [6, 6.07) is 16.3. The Kier molecular flexibility index (Phi) is 7.81. The van der Waals surface area contributed by atoms with E-state index < -0.39 is 17.7 Å². The van der Waals surface area contributed by atoms with Crippen LogP contribution in [0.2, 0.25) is 0 Å². The predicted molar refractivity (Wildman–Crippen MR) is 142 cm³/mol. The van der Waals surface area contributed by atoms with Gasteiger partial charge in [-0.3, -0.25) is 14.5 Å². The molecule has 0 saturated carbocycles. The second-order valence-electron chi connectivity index (χ2n) is 10.4. The van der Waals surface area contributed by atoms with E-state index in [0.29, 0.717) is 36.4 Å². The van der Waals surface area contributed by atoms with Crippen molar-refractivity contribution in [2.75, 3.05) is 26.7 Å². The maximum atomic E-state index is 14.9. The molecular formula is C30H33F2N3O4. The van der Waals surface area contributed by atoms with Crippen LogP contribution in [0.5, 0.6) is 5.75 Å². The number of aliphatic hydroxyl groups excluding tert-OH is 1. The highest BCUT2D eigenvalue weighted by molar-refractivity contribution is 5.90. The summed E-state index contributed by atoms with van der Waals surface area (Å²) in [5, 5.41) is 13.0. The van der Waals surface area contributed by atoms with Gasteiger partial charge >= 0.3 is 5.92 Å². The van der Waals surface area contributed by atoms with Crippen LogP contribution in [-0.2, 0) is 16.1 Å². The molecule has 206 valence electrons. The van der Waals surface area contributed by atoms with Crippen LogP contribution in [-0.4, -0.2) is 65.5 Å². The van der Waals surface area contributed by atoms with Gasteiger partial charge in [-0.2, -0.15) is 8.78 Å². The molecule has 3 atom stereocenters. The number of nitrogens with zero attached hydrogens (tertiary/aromatic N) is 2. The van der Waals surface area contributed by atoms with E-state index in [1.165, 1.54) is 0 Å². The number of carbonyl (C=O) groups excluding carboxylic acids is 2. The van der Waals surface area contributed by atoms with Crippen LogP contribution in [0.1, 0.15) is 36.4 Å². The molecule has 2 fully saturated rings. The van der Waals surface area contributed by atoms with Gasteiger partial charge in [-0.15, -0.1) is 0 Å². The number of methoxy groups -OCH3 is 1. The van der Waals surface area contributed by atoms with Gasteiger partial charge < -0.3 is 20.1 Å². The fourth-order valence-electron chi connectivity index (χ4n) is 5.57. The number of alkyl halides is 2. The Bertz CT molecular complexity index is 1260. The van der Waals surface area contributed by atoms with Gasteiger partial charge in [-0.1, -0.05) is 48.5 Å². The van der Waals surface area contributed by atoms with E-state index in [1.807, 2.05) is 30.3 Å². The zero-order valence-electron chi connectivity index (χ0n) is 21.9. The monoisotopic (exact) mass is 537 g/mol. The molecule has 2 amide bonds. The number of rotatable bonds is 9. The summed E-state index contributed by atoms with van der Waals surface area (Å²) in [4.78, 5) is 29.2. The Labute approximate surface area is 226 Å². The van der Waals surface area contributed by atoms with Gasteiger partial charge in [0.2, 0.25) is 5.91 Å². The molecule has 2 aliphatic heterocycles. The van der Waals surface area contributed by atoms with E-state index in [2.05, 4.69) is 10.2 Å². The van der Waals surface area contributed by atoms with Crippen LogP contribution < -0.4 is 10.1 Å². The number of ether oxygens (including phenoxy) is 1. The summed E-state index contributed by atoms with van der Waals surface area (Å²) in [7, 11) is 1.54. The van der Waals surface area contributed by atoms with Gasteiger partial charge in [-0.05, 0) is 47.8 Å². The van der Waals surface area contributed by atoms with Crippen molar-refractivity contribution in [3.8, 4) is 5.75 Å². The van der Waals surface area contributed by atoms with Gasteiger partial charge in [-0.25, -0.2) is 0 Å². The molecular weight excluding hydrogens is 504 g/mol. The average molecular weight is 538 g/mol. The number of amides is 2. The molecule has 2 aromatic rings. The molecule has 2 N–H and O–H groups in total. The van der Waals surface area contributed by atoms with Gasteiger partial charge in [0, 0.05) is 25.3 Å². The number of nitrogens with one attached hydrogen (secondary N) is 1. The molecule has 1 aliphatic carbocycles. The quantitative estimate of drug-likeness (QED) is 0.509. The summed E-state index contributed by atoms with van der Waals surface area (Å²) >= 11 is 0. The van der Waals surface area contributed by atoms with Gasteiger partial charge in [0.1, 0.15) is 5.75 Å². The molecule has 2 saturated heterocycles. The van der Waals surface area contributed by atoms with Crippen molar-refractivity contribution in [2.24, 2.45) is 5.92 Å². The smallest absolute Gasteiger partial charge is 0.333 e. The number of hydrogen-bond donors (Lipinski definition) is 2. The topological polar surface area (TPSA) is 82.1 Å². The van der Waals surface area contributed by atoms with E-state index in [0.717, 1.165) is 17.0 Å². The van der Waals surface area contributed by atoms with E-state index in [4.69, 9.17) is 4.74 Å². The van der Waals surface area contributed by atoms with Crippen molar-refractivity contribution in [3.05, 3.63) is 89.1 Å². The van der Waals surface area contributed by atoms with E-state index >= 15 is 0 Å². The van der Waals surface area contributed by atoms with Gasteiger partial charge in [0.25, 0.3) is 5.91 Å². The van der Waals surface area contributed by atoms with Crippen LogP contribution in [0, 0.1) is 5.92 Å². The zero-order valence-corrected chi connectivity index (χ0v) is 21.9. The number of β-amino-alcohol motifs (C(OH)–C–C–N with tert-alkyl or cyclic N) is 1. The largest absolute Gasteiger partial charge is 0.497 e. The third-order valence-corrected chi connectivity index (χ3v) is 7.68. The van der Waals surface area contributed by atoms with E-state index in [9.17, 15) is 23.5 Å². The normalized spacial score (nSPS) is 23.2. The SMILES string of the molecule is COc1ccc(CN2C(=O)C(F)(F)C3CC=C(CC(=O)N[C@H](CN4CC[C@H](O)C4)c4ccccc4)C=C32)cc1. The molecule has 1 unspecified atom stereocenters. The lowest BCUT2D eigenvalue weighted by atomic mass is 9.89.